The molecular weight excluding hydrogens is 228 g/mol. The second kappa shape index (κ2) is 5.53. The number of rotatable bonds is 5. The van der Waals surface area contributed by atoms with Crippen molar-refractivity contribution in [3.05, 3.63) is 35.9 Å². The Kier molecular flexibility index (Phi) is 3.82. The van der Waals surface area contributed by atoms with Crippen molar-refractivity contribution < 1.29 is 4.42 Å². The van der Waals surface area contributed by atoms with E-state index in [-0.39, 0.29) is 6.04 Å². The van der Waals surface area contributed by atoms with Crippen LogP contribution in [-0.2, 0) is 0 Å². The third kappa shape index (κ3) is 3.00. The number of nitrogens with one attached hydrogen (secondary N) is 2. The number of anilines is 2. The molecule has 0 saturated heterocycles. The minimum atomic E-state index is 0.0729. The highest BCUT2D eigenvalue weighted by Gasteiger charge is 2.09. The first-order valence-corrected chi connectivity index (χ1v) is 6.08. The van der Waals surface area contributed by atoms with Crippen LogP contribution in [0.15, 0.2) is 28.9 Å². The lowest BCUT2D eigenvalue weighted by Gasteiger charge is -2.13. The summed E-state index contributed by atoms with van der Waals surface area (Å²) in [5.74, 6) is 2.32. The Hall–Kier alpha value is -2.04. The molecule has 0 aliphatic carbocycles. The monoisotopic (exact) mass is 246 g/mol. The minimum Gasteiger partial charge on any atom is -0.467 e. The zero-order valence-electron chi connectivity index (χ0n) is 10.9. The minimum absolute atomic E-state index is 0.0729. The summed E-state index contributed by atoms with van der Waals surface area (Å²) in [6, 6.07) is 5.81. The lowest BCUT2D eigenvalue weighted by atomic mass is 10.2. The van der Waals surface area contributed by atoms with Gasteiger partial charge in [0.05, 0.1) is 12.3 Å². The SMILES string of the molecule is CCNc1nc(C)cc(NC(C)c2ccco2)n1. The molecule has 0 amide bonds. The molecule has 0 aliphatic heterocycles. The van der Waals surface area contributed by atoms with E-state index in [2.05, 4.69) is 20.6 Å². The Morgan fingerprint density at radius 3 is 2.89 bits per heavy atom. The Labute approximate surface area is 107 Å². The topological polar surface area (TPSA) is 63.0 Å². The summed E-state index contributed by atoms with van der Waals surface area (Å²) in [7, 11) is 0. The molecule has 2 aromatic heterocycles. The molecule has 2 aromatic rings. The zero-order chi connectivity index (χ0) is 13.0. The maximum Gasteiger partial charge on any atom is 0.224 e. The fraction of sp³-hybridized carbons (Fsp3) is 0.385. The van der Waals surface area contributed by atoms with Crippen molar-refractivity contribution in [2.75, 3.05) is 17.2 Å². The van der Waals surface area contributed by atoms with Crippen LogP contribution in [0.25, 0.3) is 0 Å². The lowest BCUT2D eigenvalue weighted by Crippen LogP contribution is -2.10. The summed E-state index contributed by atoms with van der Waals surface area (Å²) in [5.41, 5.74) is 0.926. The van der Waals surface area contributed by atoms with E-state index in [1.807, 2.05) is 39.0 Å². The molecule has 2 heterocycles. The number of aromatic nitrogens is 2. The fourth-order valence-electron chi connectivity index (χ4n) is 1.71. The van der Waals surface area contributed by atoms with Crippen LogP contribution in [0, 0.1) is 6.92 Å². The van der Waals surface area contributed by atoms with E-state index in [0.29, 0.717) is 5.95 Å². The average molecular weight is 246 g/mol. The lowest BCUT2D eigenvalue weighted by molar-refractivity contribution is 0.490. The van der Waals surface area contributed by atoms with Crippen molar-refractivity contribution in [2.45, 2.75) is 26.8 Å². The van der Waals surface area contributed by atoms with Gasteiger partial charge in [-0.2, -0.15) is 4.98 Å². The molecule has 1 unspecified atom stereocenters. The molecule has 0 bridgehead atoms. The third-order valence-corrected chi connectivity index (χ3v) is 2.52. The Morgan fingerprint density at radius 1 is 1.39 bits per heavy atom. The van der Waals surface area contributed by atoms with Gasteiger partial charge >= 0.3 is 0 Å². The van der Waals surface area contributed by atoms with Crippen molar-refractivity contribution in [1.82, 2.24) is 9.97 Å². The molecule has 1 atom stereocenters. The normalized spacial score (nSPS) is 12.2. The van der Waals surface area contributed by atoms with Crippen LogP contribution in [0.2, 0.25) is 0 Å². The Bertz CT molecular complexity index is 496. The molecule has 0 spiro atoms. The predicted octanol–water partition coefficient (Wildman–Crippen LogP) is 2.98. The molecule has 0 saturated carbocycles. The first-order chi connectivity index (χ1) is 8.69. The van der Waals surface area contributed by atoms with E-state index in [4.69, 9.17) is 4.42 Å². The quantitative estimate of drug-likeness (QED) is 0.849. The first-order valence-electron chi connectivity index (χ1n) is 6.08. The molecule has 5 heteroatoms. The van der Waals surface area contributed by atoms with Gasteiger partial charge in [-0.15, -0.1) is 0 Å². The summed E-state index contributed by atoms with van der Waals surface area (Å²) >= 11 is 0. The number of nitrogens with zero attached hydrogens (tertiary/aromatic N) is 2. The summed E-state index contributed by atoms with van der Waals surface area (Å²) in [5, 5.41) is 6.41. The van der Waals surface area contributed by atoms with Crippen molar-refractivity contribution >= 4 is 11.8 Å². The summed E-state index contributed by atoms with van der Waals surface area (Å²) in [4.78, 5) is 8.71. The third-order valence-electron chi connectivity index (χ3n) is 2.52. The number of aryl methyl sites for hydroxylation is 1. The Morgan fingerprint density at radius 2 is 2.22 bits per heavy atom. The zero-order valence-corrected chi connectivity index (χ0v) is 10.9. The van der Waals surface area contributed by atoms with Crippen LogP contribution in [0.3, 0.4) is 0 Å². The molecule has 0 radical (unpaired) electrons. The molecule has 5 nitrogen and oxygen atoms in total. The summed E-state index contributed by atoms with van der Waals surface area (Å²) in [6.45, 7) is 6.80. The van der Waals surface area contributed by atoms with Crippen LogP contribution < -0.4 is 10.6 Å². The van der Waals surface area contributed by atoms with E-state index >= 15 is 0 Å². The van der Waals surface area contributed by atoms with Gasteiger partial charge in [0.1, 0.15) is 11.6 Å². The van der Waals surface area contributed by atoms with Gasteiger partial charge in [0.2, 0.25) is 5.95 Å². The second-order valence-electron chi connectivity index (χ2n) is 4.13. The Balaban J connectivity index is 2.13. The van der Waals surface area contributed by atoms with Crippen LogP contribution in [0.5, 0.6) is 0 Å². The van der Waals surface area contributed by atoms with Gasteiger partial charge in [-0.05, 0) is 32.9 Å². The average Bonchev–Trinajstić information content (AvgIpc) is 2.81. The van der Waals surface area contributed by atoms with Crippen molar-refractivity contribution in [3.63, 3.8) is 0 Å². The van der Waals surface area contributed by atoms with Gasteiger partial charge in [0, 0.05) is 18.3 Å². The van der Waals surface area contributed by atoms with Crippen molar-refractivity contribution in [2.24, 2.45) is 0 Å². The molecular formula is C13H18N4O. The van der Waals surface area contributed by atoms with E-state index < -0.39 is 0 Å². The number of hydrogen-bond donors (Lipinski definition) is 2. The van der Waals surface area contributed by atoms with Crippen LogP contribution >= 0.6 is 0 Å². The maximum atomic E-state index is 5.35. The van der Waals surface area contributed by atoms with Crippen molar-refractivity contribution in [1.29, 1.82) is 0 Å². The number of furan rings is 1. The van der Waals surface area contributed by atoms with Crippen LogP contribution in [0.4, 0.5) is 11.8 Å². The van der Waals surface area contributed by atoms with E-state index in [9.17, 15) is 0 Å². The van der Waals surface area contributed by atoms with Crippen LogP contribution in [0.1, 0.15) is 31.3 Å². The summed E-state index contributed by atoms with van der Waals surface area (Å²) < 4.78 is 5.35. The molecule has 0 fully saturated rings. The highest BCUT2D eigenvalue weighted by Crippen LogP contribution is 2.19. The fourth-order valence-corrected chi connectivity index (χ4v) is 1.71. The number of hydrogen-bond acceptors (Lipinski definition) is 5. The van der Waals surface area contributed by atoms with E-state index in [1.165, 1.54) is 0 Å². The van der Waals surface area contributed by atoms with Gasteiger partial charge < -0.3 is 15.1 Å². The van der Waals surface area contributed by atoms with E-state index in [0.717, 1.165) is 23.8 Å². The van der Waals surface area contributed by atoms with Gasteiger partial charge in [-0.1, -0.05) is 0 Å². The van der Waals surface area contributed by atoms with Gasteiger partial charge in [-0.25, -0.2) is 4.98 Å². The highest BCUT2D eigenvalue weighted by atomic mass is 16.3. The smallest absolute Gasteiger partial charge is 0.224 e. The predicted molar refractivity (Wildman–Crippen MR) is 71.7 cm³/mol. The largest absolute Gasteiger partial charge is 0.467 e. The second-order valence-corrected chi connectivity index (χ2v) is 4.13. The van der Waals surface area contributed by atoms with E-state index in [1.54, 1.807) is 6.26 Å². The molecule has 18 heavy (non-hydrogen) atoms. The maximum absolute atomic E-state index is 5.35. The standard InChI is InChI=1S/C13H18N4O/c1-4-14-13-15-9(2)8-12(17-13)16-10(3)11-6-5-7-18-11/h5-8,10H,4H2,1-3H3,(H2,14,15,16,17). The summed E-state index contributed by atoms with van der Waals surface area (Å²) in [6.07, 6.45) is 1.67. The van der Waals surface area contributed by atoms with Crippen molar-refractivity contribution in [3.8, 4) is 0 Å². The van der Waals surface area contributed by atoms with Gasteiger partial charge in [-0.3, -0.25) is 0 Å². The molecule has 0 aromatic carbocycles. The molecule has 0 aliphatic rings. The van der Waals surface area contributed by atoms with Crippen LogP contribution in [-0.4, -0.2) is 16.5 Å². The molecule has 2 rings (SSSR count). The highest BCUT2D eigenvalue weighted by molar-refractivity contribution is 5.43. The first kappa shape index (κ1) is 12.4. The molecule has 2 N–H and O–H groups in total. The van der Waals surface area contributed by atoms with Gasteiger partial charge in [0.15, 0.2) is 0 Å². The molecule has 96 valence electrons. The van der Waals surface area contributed by atoms with Gasteiger partial charge in [0.25, 0.3) is 0 Å².